The Kier molecular flexibility index (Phi) is 8.95. The molecular formula is C26H29NO4. The van der Waals surface area contributed by atoms with Crippen LogP contribution in [0.1, 0.15) is 23.1 Å². The fourth-order valence-corrected chi connectivity index (χ4v) is 3.09. The summed E-state index contributed by atoms with van der Waals surface area (Å²) < 4.78 is 11.7. The molecule has 0 aliphatic heterocycles. The Labute approximate surface area is 183 Å². The summed E-state index contributed by atoms with van der Waals surface area (Å²) >= 11 is 0. The van der Waals surface area contributed by atoms with E-state index in [9.17, 15) is 4.79 Å². The fourth-order valence-electron chi connectivity index (χ4n) is 3.09. The number of benzene rings is 3. The number of hydrogen-bond acceptors (Lipinski definition) is 4. The first-order valence-electron chi connectivity index (χ1n) is 10.6. The lowest BCUT2D eigenvalue weighted by Gasteiger charge is -2.09. The second kappa shape index (κ2) is 12.4. The molecule has 0 aromatic heterocycles. The molecular weight excluding hydrogens is 390 g/mol. The summed E-state index contributed by atoms with van der Waals surface area (Å²) in [5.41, 5.74) is 3.55. The van der Waals surface area contributed by atoms with Crippen LogP contribution in [-0.2, 0) is 24.2 Å². The van der Waals surface area contributed by atoms with Gasteiger partial charge in [0.1, 0.15) is 18.1 Å². The minimum absolute atomic E-state index is 0.149. The van der Waals surface area contributed by atoms with Gasteiger partial charge in [0, 0.05) is 13.0 Å². The van der Waals surface area contributed by atoms with Gasteiger partial charge in [0.15, 0.2) is 0 Å². The van der Waals surface area contributed by atoms with Crippen molar-refractivity contribution in [3.05, 3.63) is 95.6 Å². The van der Waals surface area contributed by atoms with Crippen molar-refractivity contribution in [2.45, 2.75) is 25.9 Å². The maximum Gasteiger partial charge on any atom is 0.304 e. The lowest BCUT2D eigenvalue weighted by Crippen LogP contribution is -2.20. The van der Waals surface area contributed by atoms with E-state index in [0.717, 1.165) is 36.4 Å². The predicted octanol–water partition coefficient (Wildman–Crippen LogP) is 4.49. The van der Waals surface area contributed by atoms with Crippen molar-refractivity contribution < 1.29 is 19.4 Å². The molecule has 3 rings (SSSR count). The van der Waals surface area contributed by atoms with Crippen molar-refractivity contribution >= 4 is 5.97 Å². The van der Waals surface area contributed by atoms with E-state index in [-0.39, 0.29) is 6.42 Å². The highest BCUT2D eigenvalue weighted by molar-refractivity contribution is 5.66. The third-order valence-corrected chi connectivity index (χ3v) is 4.86. The summed E-state index contributed by atoms with van der Waals surface area (Å²) in [6, 6.07) is 26.3. The zero-order valence-corrected chi connectivity index (χ0v) is 17.6. The third kappa shape index (κ3) is 8.52. The van der Waals surface area contributed by atoms with Gasteiger partial charge in [-0.25, -0.2) is 0 Å². The molecule has 0 unspecified atom stereocenters. The zero-order chi connectivity index (χ0) is 21.7. The molecule has 162 valence electrons. The monoisotopic (exact) mass is 419 g/mol. The largest absolute Gasteiger partial charge is 0.493 e. The highest BCUT2D eigenvalue weighted by Gasteiger charge is 2.00. The van der Waals surface area contributed by atoms with Crippen LogP contribution in [0.2, 0.25) is 0 Å². The van der Waals surface area contributed by atoms with E-state index < -0.39 is 5.97 Å². The van der Waals surface area contributed by atoms with Crippen LogP contribution in [0.4, 0.5) is 0 Å². The maximum atomic E-state index is 10.5. The molecule has 0 spiro atoms. The van der Waals surface area contributed by atoms with Crippen LogP contribution in [0.25, 0.3) is 0 Å². The molecule has 0 aliphatic rings. The van der Waals surface area contributed by atoms with Gasteiger partial charge in [-0.1, -0.05) is 54.6 Å². The van der Waals surface area contributed by atoms with Crippen molar-refractivity contribution in [3.8, 4) is 11.5 Å². The molecule has 0 saturated carbocycles. The summed E-state index contributed by atoms with van der Waals surface area (Å²) in [5.74, 6) is 0.938. The fraction of sp³-hybridized carbons (Fsp3) is 0.269. The van der Waals surface area contributed by atoms with Gasteiger partial charge < -0.3 is 19.9 Å². The van der Waals surface area contributed by atoms with Crippen LogP contribution >= 0.6 is 0 Å². The van der Waals surface area contributed by atoms with Crippen LogP contribution in [0.5, 0.6) is 11.5 Å². The van der Waals surface area contributed by atoms with E-state index in [2.05, 4.69) is 29.6 Å². The molecule has 3 aromatic carbocycles. The Morgan fingerprint density at radius 3 is 1.97 bits per heavy atom. The first-order chi connectivity index (χ1) is 15.2. The molecule has 5 nitrogen and oxygen atoms in total. The van der Waals surface area contributed by atoms with Gasteiger partial charge in [0.2, 0.25) is 0 Å². The number of carboxylic acids is 1. The number of carbonyl (C=O) groups is 1. The van der Waals surface area contributed by atoms with Crippen molar-refractivity contribution in [2.75, 3.05) is 19.7 Å². The van der Waals surface area contributed by atoms with Crippen molar-refractivity contribution in [1.82, 2.24) is 5.32 Å². The first kappa shape index (κ1) is 22.4. The average molecular weight is 420 g/mol. The van der Waals surface area contributed by atoms with E-state index in [1.807, 2.05) is 54.6 Å². The minimum Gasteiger partial charge on any atom is -0.493 e. The molecule has 0 fully saturated rings. The van der Waals surface area contributed by atoms with Crippen LogP contribution in [0.3, 0.4) is 0 Å². The average Bonchev–Trinajstić information content (AvgIpc) is 2.80. The van der Waals surface area contributed by atoms with Gasteiger partial charge in [-0.15, -0.1) is 0 Å². The van der Waals surface area contributed by atoms with Gasteiger partial charge in [-0.3, -0.25) is 4.79 Å². The number of rotatable bonds is 13. The lowest BCUT2D eigenvalue weighted by atomic mass is 10.1. The van der Waals surface area contributed by atoms with Gasteiger partial charge in [-0.2, -0.15) is 0 Å². The summed E-state index contributed by atoms with van der Waals surface area (Å²) in [4.78, 5) is 10.5. The van der Waals surface area contributed by atoms with Crippen LogP contribution in [0.15, 0.2) is 78.9 Å². The molecule has 3 aromatic rings. The molecule has 0 amide bonds. The van der Waals surface area contributed by atoms with E-state index in [1.54, 1.807) is 0 Å². The van der Waals surface area contributed by atoms with Gasteiger partial charge in [0.25, 0.3) is 0 Å². The summed E-state index contributed by atoms with van der Waals surface area (Å²) in [5, 5.41) is 11.7. The zero-order valence-electron chi connectivity index (χ0n) is 17.6. The van der Waals surface area contributed by atoms with Gasteiger partial charge in [0.05, 0.1) is 13.0 Å². The second-order valence-corrected chi connectivity index (χ2v) is 7.30. The minimum atomic E-state index is -0.777. The molecule has 0 saturated heterocycles. The molecule has 2 N–H and O–H groups in total. The highest BCUT2D eigenvalue weighted by atomic mass is 16.5. The van der Waals surface area contributed by atoms with Gasteiger partial charge in [-0.05, 0) is 53.9 Å². The number of nitrogens with one attached hydrogen (secondary N) is 1. The standard InChI is InChI=1S/C26H29NO4/c28-26(29)15-18-27-17-14-21-6-10-24(11-7-21)30-19-16-22-8-12-25(13-9-22)31-20-23-4-2-1-3-5-23/h1-13,27H,14-20H2,(H,28,29). The number of aliphatic carboxylic acids is 1. The molecule has 0 radical (unpaired) electrons. The van der Waals surface area contributed by atoms with Crippen molar-refractivity contribution in [1.29, 1.82) is 0 Å². The Balaban J connectivity index is 1.33. The molecule has 0 aliphatic carbocycles. The Bertz CT molecular complexity index is 908. The molecule has 0 heterocycles. The summed E-state index contributed by atoms with van der Waals surface area (Å²) in [6.45, 7) is 2.44. The van der Waals surface area contributed by atoms with Crippen molar-refractivity contribution in [3.63, 3.8) is 0 Å². The summed E-state index contributed by atoms with van der Waals surface area (Å²) in [6.07, 6.45) is 1.84. The molecule has 0 atom stereocenters. The van der Waals surface area contributed by atoms with Crippen LogP contribution in [0, 0.1) is 0 Å². The smallest absolute Gasteiger partial charge is 0.304 e. The third-order valence-electron chi connectivity index (χ3n) is 4.86. The van der Waals surface area contributed by atoms with E-state index in [0.29, 0.717) is 19.8 Å². The lowest BCUT2D eigenvalue weighted by molar-refractivity contribution is -0.136. The Morgan fingerprint density at radius 1 is 0.710 bits per heavy atom. The SMILES string of the molecule is O=C(O)CCNCCc1ccc(OCCc2ccc(OCc3ccccc3)cc2)cc1. The number of carboxylic acid groups (broad SMARTS) is 1. The van der Waals surface area contributed by atoms with Crippen LogP contribution < -0.4 is 14.8 Å². The van der Waals surface area contributed by atoms with E-state index in [1.165, 1.54) is 11.1 Å². The molecule has 0 bridgehead atoms. The Hall–Kier alpha value is -3.31. The van der Waals surface area contributed by atoms with Crippen LogP contribution in [-0.4, -0.2) is 30.8 Å². The Morgan fingerprint density at radius 2 is 1.32 bits per heavy atom. The highest BCUT2D eigenvalue weighted by Crippen LogP contribution is 2.16. The first-order valence-corrected chi connectivity index (χ1v) is 10.6. The summed E-state index contributed by atoms with van der Waals surface area (Å²) in [7, 11) is 0. The maximum absolute atomic E-state index is 10.5. The number of ether oxygens (including phenoxy) is 2. The van der Waals surface area contributed by atoms with Crippen molar-refractivity contribution in [2.24, 2.45) is 0 Å². The topological polar surface area (TPSA) is 67.8 Å². The normalized spacial score (nSPS) is 10.6. The van der Waals surface area contributed by atoms with E-state index >= 15 is 0 Å². The van der Waals surface area contributed by atoms with E-state index in [4.69, 9.17) is 14.6 Å². The number of hydrogen-bond donors (Lipinski definition) is 2. The second-order valence-electron chi connectivity index (χ2n) is 7.30. The molecule has 5 heteroatoms. The predicted molar refractivity (Wildman–Crippen MR) is 122 cm³/mol. The quantitative estimate of drug-likeness (QED) is 0.400. The van der Waals surface area contributed by atoms with Gasteiger partial charge >= 0.3 is 5.97 Å². The molecule has 31 heavy (non-hydrogen) atoms.